The molecule has 2 aromatic carbocycles. The maximum atomic E-state index is 12.6. The van der Waals surface area contributed by atoms with Crippen LogP contribution >= 0.6 is 11.6 Å². The first-order chi connectivity index (χ1) is 12.0. The van der Waals surface area contributed by atoms with E-state index in [0.29, 0.717) is 22.0 Å². The van der Waals surface area contributed by atoms with Crippen LogP contribution in [0.3, 0.4) is 0 Å². The maximum Gasteiger partial charge on any atom is 0.229 e. The van der Waals surface area contributed by atoms with Gasteiger partial charge in [-0.05, 0) is 37.3 Å². The number of halogens is 1. The molecule has 1 aliphatic rings. The number of benzene rings is 2. The number of ketones is 1. The Kier molecular flexibility index (Phi) is 4.86. The van der Waals surface area contributed by atoms with Crippen LogP contribution in [0.4, 0.5) is 11.4 Å². The number of carbonyl (C=O) groups is 3. The molecule has 0 radical (unpaired) electrons. The molecule has 0 aromatic heterocycles. The fourth-order valence-electron chi connectivity index (χ4n) is 2.91. The molecule has 1 heterocycles. The van der Waals surface area contributed by atoms with Gasteiger partial charge in [-0.25, -0.2) is 0 Å². The highest BCUT2D eigenvalue weighted by molar-refractivity contribution is 6.31. The number of Topliss-reactive ketones (excluding diaryl/α,β-unsaturated/α-hetero) is 1. The summed E-state index contributed by atoms with van der Waals surface area (Å²) in [5.41, 5.74) is 1.59. The zero-order chi connectivity index (χ0) is 18.0. The number of anilines is 2. The number of para-hydroxylation sites is 1. The molecule has 128 valence electrons. The lowest BCUT2D eigenvalue weighted by Gasteiger charge is -2.17. The van der Waals surface area contributed by atoms with Gasteiger partial charge in [0, 0.05) is 29.2 Å². The Morgan fingerprint density at radius 1 is 1.16 bits per heavy atom. The van der Waals surface area contributed by atoms with E-state index in [9.17, 15) is 14.4 Å². The molecule has 0 spiro atoms. The van der Waals surface area contributed by atoms with E-state index in [2.05, 4.69) is 5.32 Å². The predicted molar refractivity (Wildman–Crippen MR) is 97.0 cm³/mol. The standard InChI is InChI=1S/C19H17ClN2O3/c1-12(23)16-7-2-3-8-17(16)21-19(25)13-9-18(24)22(11-13)15-6-4-5-14(20)10-15/h2-8,10,13H,9,11H2,1H3,(H,21,25). The van der Waals surface area contributed by atoms with E-state index < -0.39 is 5.92 Å². The first-order valence-electron chi connectivity index (χ1n) is 7.92. The predicted octanol–water partition coefficient (Wildman–Crippen LogP) is 3.53. The second-order valence-corrected chi connectivity index (χ2v) is 6.41. The van der Waals surface area contributed by atoms with Gasteiger partial charge in [0.1, 0.15) is 0 Å². The van der Waals surface area contributed by atoms with Crippen molar-refractivity contribution in [3.05, 3.63) is 59.1 Å². The van der Waals surface area contributed by atoms with Gasteiger partial charge in [0.05, 0.1) is 11.6 Å². The average Bonchev–Trinajstić information content (AvgIpc) is 2.97. The molecule has 2 aromatic rings. The summed E-state index contributed by atoms with van der Waals surface area (Å²) in [5.74, 6) is -1.00. The Labute approximate surface area is 150 Å². The third-order valence-electron chi connectivity index (χ3n) is 4.18. The maximum absolute atomic E-state index is 12.6. The van der Waals surface area contributed by atoms with Crippen molar-refractivity contribution in [1.29, 1.82) is 0 Å². The van der Waals surface area contributed by atoms with E-state index in [0.717, 1.165) is 0 Å². The lowest BCUT2D eigenvalue weighted by Crippen LogP contribution is -2.28. The summed E-state index contributed by atoms with van der Waals surface area (Å²) in [6, 6.07) is 13.8. The lowest BCUT2D eigenvalue weighted by atomic mass is 10.1. The minimum atomic E-state index is -0.480. The van der Waals surface area contributed by atoms with Gasteiger partial charge in [-0.1, -0.05) is 29.8 Å². The van der Waals surface area contributed by atoms with E-state index in [1.54, 1.807) is 53.4 Å². The summed E-state index contributed by atoms with van der Waals surface area (Å²) in [6.07, 6.45) is 0.126. The van der Waals surface area contributed by atoms with Crippen molar-refractivity contribution in [2.75, 3.05) is 16.8 Å². The van der Waals surface area contributed by atoms with Crippen LogP contribution in [0.5, 0.6) is 0 Å². The molecule has 6 heteroatoms. The number of nitrogens with one attached hydrogen (secondary N) is 1. The summed E-state index contributed by atoms with van der Waals surface area (Å²) in [5, 5.41) is 3.31. The number of hydrogen-bond donors (Lipinski definition) is 1. The second kappa shape index (κ2) is 7.07. The Balaban J connectivity index is 1.74. The monoisotopic (exact) mass is 356 g/mol. The van der Waals surface area contributed by atoms with E-state index >= 15 is 0 Å². The molecule has 5 nitrogen and oxygen atoms in total. The molecule has 0 aliphatic carbocycles. The highest BCUT2D eigenvalue weighted by Gasteiger charge is 2.35. The van der Waals surface area contributed by atoms with Crippen LogP contribution in [-0.4, -0.2) is 24.1 Å². The molecular weight excluding hydrogens is 340 g/mol. The van der Waals surface area contributed by atoms with Crippen molar-refractivity contribution in [2.45, 2.75) is 13.3 Å². The quantitative estimate of drug-likeness (QED) is 0.852. The van der Waals surface area contributed by atoms with E-state index in [1.165, 1.54) is 6.92 Å². The Hall–Kier alpha value is -2.66. The number of carbonyl (C=O) groups excluding carboxylic acids is 3. The Morgan fingerprint density at radius 3 is 2.64 bits per heavy atom. The third kappa shape index (κ3) is 3.72. The van der Waals surface area contributed by atoms with Gasteiger partial charge in [0.25, 0.3) is 0 Å². The number of hydrogen-bond acceptors (Lipinski definition) is 3. The van der Waals surface area contributed by atoms with Crippen LogP contribution in [-0.2, 0) is 9.59 Å². The van der Waals surface area contributed by atoms with Crippen molar-refractivity contribution in [1.82, 2.24) is 0 Å². The van der Waals surface area contributed by atoms with Crippen LogP contribution in [0, 0.1) is 5.92 Å². The third-order valence-corrected chi connectivity index (χ3v) is 4.42. The van der Waals surface area contributed by atoms with Crippen molar-refractivity contribution in [3.8, 4) is 0 Å². The summed E-state index contributed by atoms with van der Waals surface area (Å²) >= 11 is 5.98. The SMILES string of the molecule is CC(=O)c1ccccc1NC(=O)C1CC(=O)N(c2cccc(Cl)c2)C1. The molecule has 3 rings (SSSR count). The van der Waals surface area contributed by atoms with E-state index in [4.69, 9.17) is 11.6 Å². The number of nitrogens with zero attached hydrogens (tertiary/aromatic N) is 1. The Morgan fingerprint density at radius 2 is 1.92 bits per heavy atom. The molecule has 1 atom stereocenters. The molecular formula is C19H17ClN2O3. The van der Waals surface area contributed by atoms with Crippen molar-refractivity contribution in [3.63, 3.8) is 0 Å². The van der Waals surface area contributed by atoms with Crippen molar-refractivity contribution >= 4 is 40.6 Å². The lowest BCUT2D eigenvalue weighted by molar-refractivity contribution is -0.122. The highest BCUT2D eigenvalue weighted by Crippen LogP contribution is 2.28. The molecule has 1 N–H and O–H groups in total. The van der Waals surface area contributed by atoms with Gasteiger partial charge in [0.15, 0.2) is 5.78 Å². The largest absolute Gasteiger partial charge is 0.325 e. The fourth-order valence-corrected chi connectivity index (χ4v) is 3.10. The van der Waals surface area contributed by atoms with Gasteiger partial charge in [-0.3, -0.25) is 14.4 Å². The van der Waals surface area contributed by atoms with Crippen LogP contribution < -0.4 is 10.2 Å². The second-order valence-electron chi connectivity index (χ2n) is 5.98. The highest BCUT2D eigenvalue weighted by atomic mass is 35.5. The molecule has 2 amide bonds. The van der Waals surface area contributed by atoms with Gasteiger partial charge in [-0.15, -0.1) is 0 Å². The first kappa shape index (κ1) is 17.2. The van der Waals surface area contributed by atoms with Crippen LogP contribution in [0.15, 0.2) is 48.5 Å². The number of rotatable bonds is 4. The minimum absolute atomic E-state index is 0.123. The summed E-state index contributed by atoms with van der Waals surface area (Å²) in [7, 11) is 0. The molecule has 0 bridgehead atoms. The minimum Gasteiger partial charge on any atom is -0.325 e. The zero-order valence-electron chi connectivity index (χ0n) is 13.7. The average molecular weight is 357 g/mol. The smallest absolute Gasteiger partial charge is 0.229 e. The summed E-state index contributed by atoms with van der Waals surface area (Å²) in [4.78, 5) is 38.1. The van der Waals surface area contributed by atoms with Crippen molar-refractivity contribution in [2.24, 2.45) is 5.92 Å². The van der Waals surface area contributed by atoms with E-state index in [-0.39, 0.29) is 30.6 Å². The summed E-state index contributed by atoms with van der Waals surface area (Å²) < 4.78 is 0. The molecule has 0 saturated carbocycles. The topological polar surface area (TPSA) is 66.5 Å². The first-order valence-corrected chi connectivity index (χ1v) is 8.30. The molecule has 1 saturated heterocycles. The van der Waals surface area contributed by atoms with Crippen molar-refractivity contribution < 1.29 is 14.4 Å². The molecule has 1 aliphatic heterocycles. The molecule has 25 heavy (non-hydrogen) atoms. The fraction of sp³-hybridized carbons (Fsp3) is 0.211. The normalized spacial score (nSPS) is 16.8. The zero-order valence-corrected chi connectivity index (χ0v) is 14.4. The van der Waals surface area contributed by atoms with Gasteiger partial charge < -0.3 is 10.2 Å². The van der Waals surface area contributed by atoms with Gasteiger partial charge in [0.2, 0.25) is 11.8 Å². The van der Waals surface area contributed by atoms with Gasteiger partial charge in [-0.2, -0.15) is 0 Å². The van der Waals surface area contributed by atoms with Crippen LogP contribution in [0.25, 0.3) is 0 Å². The molecule has 1 fully saturated rings. The summed E-state index contributed by atoms with van der Waals surface area (Å²) in [6.45, 7) is 1.73. The van der Waals surface area contributed by atoms with Crippen LogP contribution in [0.2, 0.25) is 5.02 Å². The Bertz CT molecular complexity index is 850. The number of amides is 2. The van der Waals surface area contributed by atoms with Crippen LogP contribution in [0.1, 0.15) is 23.7 Å². The van der Waals surface area contributed by atoms with E-state index in [1.807, 2.05) is 0 Å². The van der Waals surface area contributed by atoms with Gasteiger partial charge >= 0.3 is 0 Å². The molecule has 1 unspecified atom stereocenters.